The molecule has 28 heavy (non-hydrogen) atoms. The molecule has 0 radical (unpaired) electrons. The number of rotatable bonds is 7. The maximum absolute atomic E-state index is 12.7. The summed E-state index contributed by atoms with van der Waals surface area (Å²) in [4.78, 5) is 12.3. The molecule has 0 atom stereocenters. The lowest BCUT2D eigenvalue weighted by Crippen LogP contribution is -2.40. The average molecular weight is 470 g/mol. The van der Waals surface area contributed by atoms with E-state index in [9.17, 15) is 13.2 Å². The number of esters is 1. The van der Waals surface area contributed by atoms with Gasteiger partial charge in [0, 0.05) is 17.6 Å². The molecular weight excluding hydrogens is 450 g/mol. The Kier molecular flexibility index (Phi) is 7.06. The zero-order chi connectivity index (χ0) is 20.0. The number of benzene rings is 2. The van der Waals surface area contributed by atoms with Crippen LogP contribution in [0, 0.1) is 0 Å². The molecule has 9 heteroatoms. The molecule has 0 aromatic heterocycles. The summed E-state index contributed by atoms with van der Waals surface area (Å²) in [6, 6.07) is 13.2. The summed E-state index contributed by atoms with van der Waals surface area (Å²) in [5.41, 5.74) is 0.178. The summed E-state index contributed by atoms with van der Waals surface area (Å²) >= 11 is 3.35. The standard InChI is InChI=1S/C19H20BrNO6S/c20-16-4-2-5-17(14-16)26-11-12-27-19(22)15-3-1-6-18(13-15)28(23,24)21-7-9-25-10-8-21/h1-6,13-14H,7-12H2. The summed E-state index contributed by atoms with van der Waals surface area (Å²) in [6.45, 7) is 1.55. The minimum absolute atomic E-state index is 0.0474. The summed E-state index contributed by atoms with van der Waals surface area (Å²) in [5, 5.41) is 0. The Morgan fingerprint density at radius 3 is 2.57 bits per heavy atom. The fraction of sp³-hybridized carbons (Fsp3) is 0.316. The second-order valence-electron chi connectivity index (χ2n) is 5.99. The maximum Gasteiger partial charge on any atom is 0.338 e. The fourth-order valence-corrected chi connectivity index (χ4v) is 4.49. The van der Waals surface area contributed by atoms with Crippen LogP contribution >= 0.6 is 15.9 Å². The molecule has 3 rings (SSSR count). The Balaban J connectivity index is 1.57. The zero-order valence-corrected chi connectivity index (χ0v) is 17.4. The lowest BCUT2D eigenvalue weighted by atomic mass is 10.2. The molecule has 2 aromatic carbocycles. The maximum atomic E-state index is 12.7. The molecule has 1 saturated heterocycles. The lowest BCUT2D eigenvalue weighted by molar-refractivity contribution is 0.0450. The summed E-state index contributed by atoms with van der Waals surface area (Å²) in [7, 11) is -3.67. The van der Waals surface area contributed by atoms with E-state index in [1.165, 1.54) is 28.6 Å². The first-order valence-corrected chi connectivity index (χ1v) is 10.9. The highest BCUT2D eigenvalue weighted by atomic mass is 79.9. The number of morpholine rings is 1. The average Bonchev–Trinajstić information content (AvgIpc) is 2.72. The zero-order valence-electron chi connectivity index (χ0n) is 15.0. The van der Waals surface area contributed by atoms with E-state index >= 15 is 0 Å². The van der Waals surface area contributed by atoms with Gasteiger partial charge in [0.1, 0.15) is 19.0 Å². The topological polar surface area (TPSA) is 82.1 Å². The van der Waals surface area contributed by atoms with Crippen LogP contribution in [0.4, 0.5) is 0 Å². The molecule has 7 nitrogen and oxygen atoms in total. The van der Waals surface area contributed by atoms with Gasteiger partial charge in [-0.15, -0.1) is 0 Å². The van der Waals surface area contributed by atoms with Crippen molar-refractivity contribution >= 4 is 31.9 Å². The van der Waals surface area contributed by atoms with E-state index in [1.54, 1.807) is 6.07 Å². The number of hydrogen-bond donors (Lipinski definition) is 0. The van der Waals surface area contributed by atoms with Gasteiger partial charge in [-0.2, -0.15) is 4.31 Å². The van der Waals surface area contributed by atoms with Crippen molar-refractivity contribution in [2.24, 2.45) is 0 Å². The molecule has 1 fully saturated rings. The van der Waals surface area contributed by atoms with Crippen molar-refractivity contribution in [3.05, 3.63) is 58.6 Å². The summed E-state index contributed by atoms with van der Waals surface area (Å²) in [6.07, 6.45) is 0. The van der Waals surface area contributed by atoms with Crippen molar-refractivity contribution in [3.8, 4) is 5.75 Å². The van der Waals surface area contributed by atoms with Crippen LogP contribution in [0.2, 0.25) is 0 Å². The second kappa shape index (κ2) is 9.51. The lowest BCUT2D eigenvalue weighted by Gasteiger charge is -2.26. The quantitative estimate of drug-likeness (QED) is 0.457. The summed E-state index contributed by atoms with van der Waals surface area (Å²) < 4.78 is 43.5. The van der Waals surface area contributed by atoms with Crippen LogP contribution in [0.15, 0.2) is 57.9 Å². The largest absolute Gasteiger partial charge is 0.490 e. The molecule has 1 heterocycles. The van der Waals surface area contributed by atoms with Crippen molar-refractivity contribution in [2.45, 2.75) is 4.90 Å². The van der Waals surface area contributed by atoms with Gasteiger partial charge in [0.15, 0.2) is 0 Å². The smallest absolute Gasteiger partial charge is 0.338 e. The van der Waals surface area contributed by atoms with E-state index in [-0.39, 0.29) is 23.7 Å². The van der Waals surface area contributed by atoms with E-state index < -0.39 is 16.0 Å². The Morgan fingerprint density at radius 1 is 1.07 bits per heavy atom. The van der Waals surface area contributed by atoms with Gasteiger partial charge in [0.25, 0.3) is 0 Å². The normalized spacial score (nSPS) is 15.2. The molecule has 2 aromatic rings. The highest BCUT2D eigenvalue weighted by Gasteiger charge is 2.27. The third kappa shape index (κ3) is 5.32. The highest BCUT2D eigenvalue weighted by molar-refractivity contribution is 9.10. The Hall–Kier alpha value is -1.94. The first-order valence-electron chi connectivity index (χ1n) is 8.70. The monoisotopic (exact) mass is 469 g/mol. The molecule has 1 aliphatic rings. The van der Waals surface area contributed by atoms with Crippen molar-refractivity contribution in [1.29, 1.82) is 0 Å². The number of carbonyl (C=O) groups excluding carboxylic acids is 1. The molecule has 0 aliphatic carbocycles. The van der Waals surface area contributed by atoms with Crippen LogP contribution in [-0.4, -0.2) is 58.2 Å². The van der Waals surface area contributed by atoms with Crippen molar-refractivity contribution in [1.82, 2.24) is 4.31 Å². The van der Waals surface area contributed by atoms with E-state index in [2.05, 4.69) is 15.9 Å². The Labute approximate surface area is 172 Å². The fourth-order valence-electron chi connectivity index (χ4n) is 2.65. The molecule has 0 unspecified atom stereocenters. The van der Waals surface area contributed by atoms with E-state index in [1.807, 2.05) is 18.2 Å². The van der Waals surface area contributed by atoms with E-state index in [4.69, 9.17) is 14.2 Å². The second-order valence-corrected chi connectivity index (χ2v) is 8.84. The first kappa shape index (κ1) is 20.8. The first-order chi connectivity index (χ1) is 13.5. The number of hydrogen-bond acceptors (Lipinski definition) is 6. The van der Waals surface area contributed by atoms with Gasteiger partial charge in [-0.25, -0.2) is 13.2 Å². The third-order valence-electron chi connectivity index (χ3n) is 4.06. The molecule has 1 aliphatic heterocycles. The number of sulfonamides is 1. The van der Waals surface area contributed by atoms with Gasteiger partial charge in [-0.3, -0.25) is 0 Å². The van der Waals surface area contributed by atoms with Crippen molar-refractivity contribution < 1.29 is 27.4 Å². The minimum atomic E-state index is -3.67. The van der Waals surface area contributed by atoms with Gasteiger partial charge in [-0.05, 0) is 36.4 Å². The third-order valence-corrected chi connectivity index (χ3v) is 6.45. The predicted molar refractivity (Wildman–Crippen MR) is 106 cm³/mol. The van der Waals surface area contributed by atoms with Gasteiger partial charge in [0.05, 0.1) is 23.7 Å². The van der Waals surface area contributed by atoms with Crippen LogP contribution in [0.5, 0.6) is 5.75 Å². The molecule has 0 spiro atoms. The molecular formula is C19H20BrNO6S. The van der Waals surface area contributed by atoms with Crippen LogP contribution < -0.4 is 4.74 Å². The van der Waals surface area contributed by atoms with E-state index in [0.717, 1.165) is 4.47 Å². The van der Waals surface area contributed by atoms with Crippen LogP contribution in [-0.2, 0) is 19.5 Å². The van der Waals surface area contributed by atoms with Crippen LogP contribution in [0.1, 0.15) is 10.4 Å². The summed E-state index contributed by atoms with van der Waals surface area (Å²) in [5.74, 6) is 0.0564. The number of nitrogens with zero attached hydrogens (tertiary/aromatic N) is 1. The number of ether oxygens (including phenoxy) is 3. The molecule has 0 saturated carbocycles. The highest BCUT2D eigenvalue weighted by Crippen LogP contribution is 2.19. The predicted octanol–water partition coefficient (Wildman–Crippen LogP) is 2.71. The molecule has 0 N–H and O–H groups in total. The van der Waals surface area contributed by atoms with Crippen molar-refractivity contribution in [2.75, 3.05) is 39.5 Å². The minimum Gasteiger partial charge on any atom is -0.490 e. The molecule has 0 bridgehead atoms. The number of carbonyl (C=O) groups is 1. The van der Waals surface area contributed by atoms with Gasteiger partial charge in [-0.1, -0.05) is 28.1 Å². The SMILES string of the molecule is O=C(OCCOc1cccc(Br)c1)c1cccc(S(=O)(=O)N2CCOCC2)c1. The van der Waals surface area contributed by atoms with E-state index in [0.29, 0.717) is 32.1 Å². The number of halogens is 1. The van der Waals surface area contributed by atoms with Crippen molar-refractivity contribution in [3.63, 3.8) is 0 Å². The molecule has 0 amide bonds. The Bertz CT molecular complexity index is 928. The van der Waals surface area contributed by atoms with Crippen LogP contribution in [0.3, 0.4) is 0 Å². The van der Waals surface area contributed by atoms with Gasteiger partial charge < -0.3 is 14.2 Å². The van der Waals surface area contributed by atoms with Gasteiger partial charge >= 0.3 is 5.97 Å². The Morgan fingerprint density at radius 2 is 1.82 bits per heavy atom. The molecule has 150 valence electrons. The van der Waals surface area contributed by atoms with Gasteiger partial charge in [0.2, 0.25) is 10.0 Å². The van der Waals surface area contributed by atoms with Crippen LogP contribution in [0.25, 0.3) is 0 Å².